The van der Waals surface area contributed by atoms with Crippen molar-refractivity contribution in [2.75, 3.05) is 6.54 Å². The number of likely N-dealkylation sites (tertiary alicyclic amines) is 1. The minimum atomic E-state index is -0.548. The largest absolute Gasteiger partial charge is 0.505 e. The van der Waals surface area contributed by atoms with Gasteiger partial charge in [0.2, 0.25) is 0 Å². The summed E-state index contributed by atoms with van der Waals surface area (Å²) in [7, 11) is 0. The fraction of sp³-hybridized carbons (Fsp3) is 0.292. The molecular formula is C24H23N3O2. The van der Waals surface area contributed by atoms with Gasteiger partial charge >= 0.3 is 0 Å². The Kier molecular flexibility index (Phi) is 4.71. The van der Waals surface area contributed by atoms with Crippen LogP contribution in [0.4, 0.5) is 0 Å². The summed E-state index contributed by atoms with van der Waals surface area (Å²) in [5.41, 5.74) is 2.18. The lowest BCUT2D eigenvalue weighted by Gasteiger charge is -2.26. The Hall–Kier alpha value is -3.39. The molecule has 1 atom stereocenters. The molecule has 0 saturated carbocycles. The van der Waals surface area contributed by atoms with Gasteiger partial charge in [-0.3, -0.25) is 9.78 Å². The van der Waals surface area contributed by atoms with Gasteiger partial charge in [0.1, 0.15) is 5.52 Å². The van der Waals surface area contributed by atoms with Gasteiger partial charge < -0.3 is 10.0 Å². The second-order valence-electron chi connectivity index (χ2n) is 8.05. The molecule has 0 spiro atoms. The van der Waals surface area contributed by atoms with Crippen molar-refractivity contribution in [3.05, 3.63) is 71.4 Å². The highest BCUT2D eigenvalue weighted by atomic mass is 16.3. The van der Waals surface area contributed by atoms with Gasteiger partial charge in [0, 0.05) is 18.1 Å². The topological polar surface area (TPSA) is 77.2 Å². The van der Waals surface area contributed by atoms with Crippen molar-refractivity contribution in [1.29, 1.82) is 5.26 Å². The van der Waals surface area contributed by atoms with Crippen LogP contribution in [0.15, 0.2) is 54.7 Å². The number of phenolic OH excluding ortho intramolecular Hbond substituents is 1. The van der Waals surface area contributed by atoms with Crippen LogP contribution in [0, 0.1) is 11.3 Å². The van der Waals surface area contributed by atoms with E-state index in [1.54, 1.807) is 18.3 Å². The maximum absolute atomic E-state index is 13.3. The van der Waals surface area contributed by atoms with Gasteiger partial charge in [-0.1, -0.05) is 36.4 Å². The van der Waals surface area contributed by atoms with E-state index in [9.17, 15) is 15.2 Å². The molecule has 1 saturated heterocycles. The van der Waals surface area contributed by atoms with E-state index < -0.39 is 5.41 Å². The molecule has 2 aromatic carbocycles. The minimum Gasteiger partial charge on any atom is -0.505 e. The van der Waals surface area contributed by atoms with Gasteiger partial charge in [-0.2, -0.15) is 5.26 Å². The summed E-state index contributed by atoms with van der Waals surface area (Å²) < 4.78 is 0. The van der Waals surface area contributed by atoms with E-state index in [0.29, 0.717) is 12.1 Å². The molecule has 1 fully saturated rings. The maximum Gasteiger partial charge on any atom is 0.258 e. The number of benzene rings is 2. The number of phenols is 1. The van der Waals surface area contributed by atoms with Crippen LogP contribution in [0.2, 0.25) is 0 Å². The first-order chi connectivity index (χ1) is 13.9. The van der Waals surface area contributed by atoms with E-state index in [4.69, 9.17) is 0 Å². The van der Waals surface area contributed by atoms with Crippen LogP contribution in [0.3, 0.4) is 0 Å². The molecule has 0 unspecified atom stereocenters. The quantitative estimate of drug-likeness (QED) is 0.708. The Bertz CT molecular complexity index is 1110. The third-order valence-electron chi connectivity index (χ3n) is 5.79. The van der Waals surface area contributed by atoms with Crippen LogP contribution < -0.4 is 0 Å². The molecule has 2 heterocycles. The van der Waals surface area contributed by atoms with E-state index in [1.165, 1.54) is 0 Å². The van der Waals surface area contributed by atoms with Crippen LogP contribution >= 0.6 is 0 Å². The highest BCUT2D eigenvalue weighted by Crippen LogP contribution is 2.36. The number of rotatable bonds is 3. The first-order valence-corrected chi connectivity index (χ1v) is 9.82. The Morgan fingerprint density at radius 3 is 2.69 bits per heavy atom. The molecule has 0 aliphatic carbocycles. The number of amides is 1. The van der Waals surface area contributed by atoms with Gasteiger partial charge in [-0.25, -0.2) is 0 Å². The number of aromatic nitrogens is 1. The second-order valence-corrected chi connectivity index (χ2v) is 8.05. The van der Waals surface area contributed by atoms with Gasteiger partial charge in [0.15, 0.2) is 5.75 Å². The number of nitriles is 1. The molecule has 1 aromatic heterocycles. The van der Waals surface area contributed by atoms with Gasteiger partial charge in [0.25, 0.3) is 5.91 Å². The number of carbonyl (C=O) groups is 1. The summed E-state index contributed by atoms with van der Waals surface area (Å²) in [5.74, 6) is -0.246. The fourth-order valence-electron chi connectivity index (χ4n) is 4.00. The zero-order valence-electron chi connectivity index (χ0n) is 16.6. The van der Waals surface area contributed by atoms with E-state index in [1.807, 2.05) is 55.1 Å². The number of pyridine rings is 1. The van der Waals surface area contributed by atoms with Crippen molar-refractivity contribution in [2.24, 2.45) is 0 Å². The van der Waals surface area contributed by atoms with Crippen LogP contribution in [0.1, 0.15) is 54.2 Å². The molecule has 4 rings (SSSR count). The average molecular weight is 385 g/mol. The number of hydrogen-bond acceptors (Lipinski definition) is 4. The molecule has 1 aliphatic rings. The molecule has 5 heteroatoms. The number of fused-ring (bicyclic) bond motifs is 1. The second kappa shape index (κ2) is 7.21. The number of carbonyl (C=O) groups excluding carboxylic acids is 1. The van der Waals surface area contributed by atoms with Gasteiger partial charge in [0.05, 0.1) is 23.1 Å². The highest BCUT2D eigenvalue weighted by Gasteiger charge is 2.32. The Morgan fingerprint density at radius 1 is 1.21 bits per heavy atom. The van der Waals surface area contributed by atoms with Crippen molar-refractivity contribution in [3.63, 3.8) is 0 Å². The van der Waals surface area contributed by atoms with E-state index in [0.717, 1.165) is 29.4 Å². The lowest BCUT2D eigenvalue weighted by Crippen LogP contribution is -2.30. The lowest BCUT2D eigenvalue weighted by molar-refractivity contribution is 0.0733. The van der Waals surface area contributed by atoms with Crippen molar-refractivity contribution >= 4 is 16.8 Å². The van der Waals surface area contributed by atoms with E-state index >= 15 is 0 Å². The Balaban J connectivity index is 1.64. The molecule has 146 valence electrons. The monoisotopic (exact) mass is 385 g/mol. The summed E-state index contributed by atoms with van der Waals surface area (Å²) in [4.78, 5) is 19.3. The van der Waals surface area contributed by atoms with Crippen molar-refractivity contribution in [2.45, 2.75) is 38.1 Å². The SMILES string of the molecule is CC(C)(C#N)c1ccc([C@H]2CCCN2C(=O)c2ccc3cccnc3c2O)cc1. The van der Waals surface area contributed by atoms with Gasteiger partial charge in [-0.05, 0) is 49.9 Å². The predicted molar refractivity (Wildman–Crippen MR) is 112 cm³/mol. The Morgan fingerprint density at radius 2 is 1.97 bits per heavy atom. The molecule has 1 amide bonds. The van der Waals surface area contributed by atoms with Crippen molar-refractivity contribution < 1.29 is 9.90 Å². The summed E-state index contributed by atoms with van der Waals surface area (Å²) in [5, 5.41) is 20.8. The summed E-state index contributed by atoms with van der Waals surface area (Å²) in [6, 6.07) is 17.4. The normalized spacial score (nSPS) is 16.7. The lowest BCUT2D eigenvalue weighted by atomic mass is 9.85. The molecule has 1 N–H and O–H groups in total. The molecule has 3 aromatic rings. The third-order valence-corrected chi connectivity index (χ3v) is 5.79. The number of hydrogen-bond donors (Lipinski definition) is 1. The summed E-state index contributed by atoms with van der Waals surface area (Å²) >= 11 is 0. The first-order valence-electron chi connectivity index (χ1n) is 9.82. The predicted octanol–water partition coefficient (Wildman–Crippen LogP) is 4.72. The smallest absolute Gasteiger partial charge is 0.258 e. The summed E-state index contributed by atoms with van der Waals surface area (Å²) in [6.45, 7) is 4.43. The molecular weight excluding hydrogens is 362 g/mol. The summed E-state index contributed by atoms with van der Waals surface area (Å²) in [6.07, 6.45) is 3.40. The number of aromatic hydroxyl groups is 1. The standard InChI is InChI=1S/C24H23N3O2/c1-24(2,15-25)18-10-7-16(8-11-18)20-6-4-14-27(20)23(29)19-12-9-17-5-3-13-26-21(17)22(19)28/h3,5,7-13,20,28H,4,6,14H2,1-2H3/t20-/m1/s1. The van der Waals surface area contributed by atoms with Crippen LogP contribution in [-0.4, -0.2) is 27.4 Å². The highest BCUT2D eigenvalue weighted by molar-refractivity contribution is 6.02. The third kappa shape index (κ3) is 3.31. The number of nitrogens with zero attached hydrogens (tertiary/aromatic N) is 3. The van der Waals surface area contributed by atoms with Gasteiger partial charge in [-0.15, -0.1) is 0 Å². The first kappa shape index (κ1) is 18.9. The van der Waals surface area contributed by atoms with Crippen LogP contribution in [-0.2, 0) is 5.41 Å². The maximum atomic E-state index is 13.3. The molecule has 0 bridgehead atoms. The molecule has 0 radical (unpaired) electrons. The van der Waals surface area contributed by atoms with Crippen molar-refractivity contribution in [1.82, 2.24) is 9.88 Å². The van der Waals surface area contributed by atoms with Crippen LogP contribution in [0.25, 0.3) is 10.9 Å². The zero-order valence-corrected chi connectivity index (χ0v) is 16.6. The molecule has 1 aliphatic heterocycles. The van der Waals surface area contributed by atoms with Crippen molar-refractivity contribution in [3.8, 4) is 11.8 Å². The average Bonchev–Trinajstić information content (AvgIpc) is 3.24. The van der Waals surface area contributed by atoms with Crippen LogP contribution in [0.5, 0.6) is 5.75 Å². The van der Waals surface area contributed by atoms with E-state index in [-0.39, 0.29) is 23.3 Å². The molecule has 5 nitrogen and oxygen atoms in total. The Labute approximate surface area is 170 Å². The molecule has 29 heavy (non-hydrogen) atoms. The van der Waals surface area contributed by atoms with E-state index in [2.05, 4.69) is 11.1 Å². The zero-order chi connectivity index (χ0) is 20.6. The minimum absolute atomic E-state index is 0.0411. The fourth-order valence-corrected chi connectivity index (χ4v) is 4.00.